The zero-order valence-electron chi connectivity index (χ0n) is 17.0. The molecule has 6 heteroatoms. The van der Waals surface area contributed by atoms with E-state index in [2.05, 4.69) is 21.2 Å². The molecule has 0 aliphatic heterocycles. The van der Waals surface area contributed by atoms with Gasteiger partial charge in [0.1, 0.15) is 17.4 Å². The van der Waals surface area contributed by atoms with Gasteiger partial charge in [-0.05, 0) is 79.1 Å². The lowest BCUT2D eigenvalue weighted by atomic mass is 10.1. The van der Waals surface area contributed by atoms with Gasteiger partial charge >= 0.3 is 5.97 Å². The van der Waals surface area contributed by atoms with Gasteiger partial charge in [0.2, 0.25) is 0 Å². The van der Waals surface area contributed by atoms with Gasteiger partial charge in [0, 0.05) is 10.2 Å². The van der Waals surface area contributed by atoms with Crippen molar-refractivity contribution < 1.29 is 14.3 Å². The lowest BCUT2D eigenvalue weighted by molar-refractivity contribution is -0.112. The van der Waals surface area contributed by atoms with Crippen molar-refractivity contribution in [1.82, 2.24) is 0 Å². The second-order valence-electron chi connectivity index (χ2n) is 6.91. The van der Waals surface area contributed by atoms with Gasteiger partial charge in [-0.2, -0.15) is 5.26 Å². The maximum atomic E-state index is 12.5. The van der Waals surface area contributed by atoms with Crippen molar-refractivity contribution in [1.29, 1.82) is 5.26 Å². The van der Waals surface area contributed by atoms with E-state index in [9.17, 15) is 14.9 Å². The number of halogens is 1. The number of nitriles is 1. The number of ether oxygens (including phenoxy) is 1. The number of aryl methyl sites for hydroxylation is 2. The summed E-state index contributed by atoms with van der Waals surface area (Å²) in [7, 11) is 0. The molecule has 0 unspecified atom stereocenters. The van der Waals surface area contributed by atoms with E-state index in [-0.39, 0.29) is 5.57 Å². The molecule has 154 valence electrons. The standard InChI is InChI=1S/C25H19BrN2O3/c1-16-3-4-17(2)23(13-16)28-24(29)20(15-27)14-18-5-11-22(12-6-18)31-25(30)19-7-9-21(26)10-8-19/h3-14H,1-2H3,(H,28,29)/b20-14-. The second kappa shape index (κ2) is 9.88. The minimum absolute atomic E-state index is 0.0273. The molecule has 3 aromatic rings. The van der Waals surface area contributed by atoms with E-state index in [4.69, 9.17) is 4.74 Å². The first-order valence-corrected chi connectivity index (χ1v) is 10.2. The molecule has 3 aromatic carbocycles. The third-order valence-corrected chi connectivity index (χ3v) is 5.02. The summed E-state index contributed by atoms with van der Waals surface area (Å²) in [4.78, 5) is 24.7. The predicted molar refractivity (Wildman–Crippen MR) is 124 cm³/mol. The highest BCUT2D eigenvalue weighted by atomic mass is 79.9. The summed E-state index contributed by atoms with van der Waals surface area (Å²) in [6, 6.07) is 21.1. The molecule has 0 spiro atoms. The van der Waals surface area contributed by atoms with Crippen LogP contribution in [0.25, 0.3) is 6.08 Å². The molecule has 1 amide bonds. The van der Waals surface area contributed by atoms with E-state index in [0.29, 0.717) is 22.6 Å². The molecule has 0 radical (unpaired) electrons. The Bertz CT molecular complexity index is 1190. The molecule has 0 aromatic heterocycles. The summed E-state index contributed by atoms with van der Waals surface area (Å²) in [6.45, 7) is 3.82. The summed E-state index contributed by atoms with van der Waals surface area (Å²) >= 11 is 3.32. The third kappa shape index (κ3) is 5.91. The fourth-order valence-corrected chi connectivity index (χ4v) is 3.02. The van der Waals surface area contributed by atoms with Crippen LogP contribution in [0.3, 0.4) is 0 Å². The zero-order valence-corrected chi connectivity index (χ0v) is 18.6. The van der Waals surface area contributed by atoms with Crippen LogP contribution < -0.4 is 10.1 Å². The summed E-state index contributed by atoms with van der Waals surface area (Å²) in [5.41, 5.74) is 3.63. The van der Waals surface area contributed by atoms with Crippen molar-refractivity contribution in [2.24, 2.45) is 0 Å². The summed E-state index contributed by atoms with van der Waals surface area (Å²) in [5.74, 6) is -0.591. The van der Waals surface area contributed by atoms with E-state index < -0.39 is 11.9 Å². The fourth-order valence-electron chi connectivity index (χ4n) is 2.76. The summed E-state index contributed by atoms with van der Waals surface area (Å²) in [6.07, 6.45) is 1.49. The van der Waals surface area contributed by atoms with Crippen molar-refractivity contribution in [3.8, 4) is 11.8 Å². The average molecular weight is 475 g/mol. The number of amides is 1. The van der Waals surface area contributed by atoms with E-state index >= 15 is 0 Å². The van der Waals surface area contributed by atoms with Crippen LogP contribution >= 0.6 is 15.9 Å². The number of rotatable bonds is 5. The van der Waals surface area contributed by atoms with Gasteiger partial charge in [-0.3, -0.25) is 4.79 Å². The normalized spacial score (nSPS) is 10.8. The molecular weight excluding hydrogens is 456 g/mol. The number of hydrogen-bond donors (Lipinski definition) is 1. The Balaban J connectivity index is 1.70. The van der Waals surface area contributed by atoms with E-state index in [1.54, 1.807) is 48.5 Å². The predicted octanol–water partition coefficient (Wildman–Crippen LogP) is 5.83. The lowest BCUT2D eigenvalue weighted by Crippen LogP contribution is -2.14. The topological polar surface area (TPSA) is 79.2 Å². The number of esters is 1. The molecule has 1 N–H and O–H groups in total. The number of carbonyl (C=O) groups is 2. The van der Waals surface area contributed by atoms with Crippen LogP contribution in [0.2, 0.25) is 0 Å². The summed E-state index contributed by atoms with van der Waals surface area (Å²) in [5, 5.41) is 12.2. The highest BCUT2D eigenvalue weighted by Gasteiger charge is 2.12. The number of benzene rings is 3. The largest absolute Gasteiger partial charge is 0.423 e. The second-order valence-corrected chi connectivity index (χ2v) is 7.82. The van der Waals surface area contributed by atoms with Gasteiger partial charge in [-0.15, -0.1) is 0 Å². The van der Waals surface area contributed by atoms with E-state index in [0.717, 1.165) is 15.6 Å². The van der Waals surface area contributed by atoms with E-state index in [1.807, 2.05) is 38.1 Å². The minimum atomic E-state index is -0.484. The van der Waals surface area contributed by atoms with Gasteiger partial charge in [-0.25, -0.2) is 4.79 Å². The Morgan fingerprint density at radius 2 is 1.68 bits per heavy atom. The Labute approximate surface area is 189 Å². The number of nitrogens with zero attached hydrogens (tertiary/aromatic N) is 1. The Morgan fingerprint density at radius 3 is 2.32 bits per heavy atom. The van der Waals surface area contributed by atoms with Gasteiger partial charge in [0.25, 0.3) is 5.91 Å². The first-order chi connectivity index (χ1) is 14.9. The van der Waals surface area contributed by atoms with Gasteiger partial charge in [0.15, 0.2) is 0 Å². The van der Waals surface area contributed by atoms with Crippen LogP contribution in [0.4, 0.5) is 5.69 Å². The van der Waals surface area contributed by atoms with Gasteiger partial charge < -0.3 is 10.1 Å². The average Bonchev–Trinajstić information content (AvgIpc) is 2.76. The van der Waals surface area contributed by atoms with Crippen molar-refractivity contribution >= 4 is 39.6 Å². The molecule has 5 nitrogen and oxygen atoms in total. The summed E-state index contributed by atoms with van der Waals surface area (Å²) < 4.78 is 6.23. The smallest absolute Gasteiger partial charge is 0.343 e. The Kier molecular flexibility index (Phi) is 7.01. The first-order valence-electron chi connectivity index (χ1n) is 9.44. The van der Waals surface area contributed by atoms with Crippen LogP contribution in [0.1, 0.15) is 27.0 Å². The SMILES string of the molecule is Cc1ccc(C)c(NC(=O)/C(C#N)=C\c2ccc(OC(=O)c3ccc(Br)cc3)cc2)c1. The molecule has 0 fully saturated rings. The molecule has 0 aliphatic rings. The van der Waals surface area contributed by atoms with Crippen LogP contribution in [0, 0.1) is 25.2 Å². The maximum Gasteiger partial charge on any atom is 0.343 e. The fraction of sp³-hybridized carbons (Fsp3) is 0.0800. The van der Waals surface area contributed by atoms with Crippen LogP contribution in [0.15, 0.2) is 76.8 Å². The Morgan fingerprint density at radius 1 is 1.00 bits per heavy atom. The third-order valence-electron chi connectivity index (χ3n) is 4.49. The quantitative estimate of drug-likeness (QED) is 0.218. The van der Waals surface area contributed by atoms with Crippen LogP contribution in [0.5, 0.6) is 5.75 Å². The number of nitrogens with one attached hydrogen (secondary N) is 1. The highest BCUT2D eigenvalue weighted by molar-refractivity contribution is 9.10. The number of hydrogen-bond acceptors (Lipinski definition) is 4. The molecule has 0 atom stereocenters. The molecule has 31 heavy (non-hydrogen) atoms. The van der Waals surface area contributed by atoms with Crippen LogP contribution in [-0.4, -0.2) is 11.9 Å². The molecule has 0 heterocycles. The van der Waals surface area contributed by atoms with Crippen molar-refractivity contribution in [3.05, 3.63) is 99.0 Å². The molecular formula is C25H19BrN2O3. The molecule has 0 saturated carbocycles. The van der Waals surface area contributed by atoms with Crippen molar-refractivity contribution in [3.63, 3.8) is 0 Å². The van der Waals surface area contributed by atoms with Crippen LogP contribution in [-0.2, 0) is 4.79 Å². The molecule has 0 aliphatic carbocycles. The monoisotopic (exact) mass is 474 g/mol. The van der Waals surface area contributed by atoms with Crippen molar-refractivity contribution in [2.45, 2.75) is 13.8 Å². The zero-order chi connectivity index (χ0) is 22.4. The van der Waals surface area contributed by atoms with Crippen molar-refractivity contribution in [2.75, 3.05) is 5.32 Å². The minimum Gasteiger partial charge on any atom is -0.423 e. The first kappa shape index (κ1) is 22.0. The lowest BCUT2D eigenvalue weighted by Gasteiger charge is -2.09. The molecule has 3 rings (SSSR count). The number of anilines is 1. The number of carbonyl (C=O) groups excluding carboxylic acids is 2. The maximum absolute atomic E-state index is 12.5. The van der Waals surface area contributed by atoms with Gasteiger partial charge in [0.05, 0.1) is 5.56 Å². The van der Waals surface area contributed by atoms with Gasteiger partial charge in [-0.1, -0.05) is 40.2 Å². The highest BCUT2D eigenvalue weighted by Crippen LogP contribution is 2.20. The van der Waals surface area contributed by atoms with E-state index in [1.165, 1.54) is 6.08 Å². The molecule has 0 saturated heterocycles. The Hall–Kier alpha value is -3.69. The molecule has 0 bridgehead atoms.